The molecule has 2 aliphatic rings. The van der Waals surface area contributed by atoms with E-state index in [2.05, 4.69) is 10.3 Å². The normalized spacial score (nSPS) is 23.1. The molecule has 1 amide bonds. The van der Waals surface area contributed by atoms with Gasteiger partial charge in [-0.2, -0.15) is 11.3 Å². The van der Waals surface area contributed by atoms with E-state index in [1.165, 1.54) is 42.4 Å². The van der Waals surface area contributed by atoms with E-state index in [-0.39, 0.29) is 18.1 Å². The second kappa shape index (κ2) is 9.49. The van der Waals surface area contributed by atoms with Gasteiger partial charge < -0.3 is 10.1 Å². The quantitative estimate of drug-likeness (QED) is 0.437. The van der Waals surface area contributed by atoms with Crippen molar-refractivity contribution in [1.82, 2.24) is 10.3 Å². The number of aromatic nitrogens is 1. The predicted octanol–water partition coefficient (Wildman–Crippen LogP) is 5.47. The van der Waals surface area contributed by atoms with Crippen LogP contribution in [0.5, 0.6) is 5.75 Å². The highest BCUT2D eigenvalue weighted by molar-refractivity contribution is 8.01. The van der Waals surface area contributed by atoms with Crippen LogP contribution in [0.3, 0.4) is 0 Å². The highest BCUT2D eigenvalue weighted by atomic mass is 35.5. The second-order valence-electron chi connectivity index (χ2n) is 8.44. The Balaban J connectivity index is 1.48. The summed E-state index contributed by atoms with van der Waals surface area (Å²) in [4.78, 5) is 32.2. The minimum Gasteiger partial charge on any atom is -0.491 e. The molecule has 170 valence electrons. The number of hydrogen-bond acceptors (Lipinski definition) is 6. The lowest BCUT2D eigenvalue weighted by Gasteiger charge is -2.40. The molecular weight excluding hydrogens is 476 g/mol. The average molecular weight is 499 g/mol. The van der Waals surface area contributed by atoms with E-state index < -0.39 is 10.8 Å². The molecule has 5 nitrogen and oxygen atoms in total. The number of rotatable bonds is 7. The number of ketones is 1. The monoisotopic (exact) mass is 498 g/mol. The van der Waals surface area contributed by atoms with Crippen molar-refractivity contribution in [2.45, 2.75) is 41.4 Å². The third kappa shape index (κ3) is 4.42. The van der Waals surface area contributed by atoms with Crippen LogP contribution in [0.2, 0.25) is 5.02 Å². The Labute approximate surface area is 205 Å². The van der Waals surface area contributed by atoms with E-state index in [1.807, 2.05) is 47.2 Å². The fourth-order valence-electron chi connectivity index (χ4n) is 4.26. The van der Waals surface area contributed by atoms with E-state index in [0.717, 1.165) is 5.56 Å². The maximum Gasteiger partial charge on any atom is 0.242 e. The Kier molecular flexibility index (Phi) is 6.45. The van der Waals surface area contributed by atoms with Crippen LogP contribution in [-0.2, 0) is 15.1 Å². The first-order valence-corrected chi connectivity index (χ1v) is 13.1. The maximum absolute atomic E-state index is 13.4. The standard InChI is InChI=1S/C25H23ClN2O3S2/c26-18-7-1-2-9-21(18)33-22-19(29)13-25(28-24(22)30,17-10-12-32-15-17)23-20(8-4-11-27-23)31-14-16-5-3-6-16/h1-2,4,7-12,15-16,22H,3,5-6,13-14H2,(H,28,30). The fraction of sp³-hybridized carbons (Fsp3) is 0.320. The lowest BCUT2D eigenvalue weighted by atomic mass is 9.79. The maximum atomic E-state index is 13.4. The van der Waals surface area contributed by atoms with Crippen LogP contribution in [-0.4, -0.2) is 28.5 Å². The van der Waals surface area contributed by atoms with Gasteiger partial charge in [0.05, 0.1) is 11.6 Å². The van der Waals surface area contributed by atoms with Crippen molar-refractivity contribution >= 4 is 46.4 Å². The number of nitrogens with zero attached hydrogens (tertiary/aromatic N) is 1. The van der Waals surface area contributed by atoms with Gasteiger partial charge in [0.2, 0.25) is 5.91 Å². The van der Waals surface area contributed by atoms with E-state index >= 15 is 0 Å². The summed E-state index contributed by atoms with van der Waals surface area (Å²) in [5.74, 6) is 0.651. The first-order valence-electron chi connectivity index (χ1n) is 10.9. The number of carbonyl (C=O) groups excluding carboxylic acids is 2. The van der Waals surface area contributed by atoms with Gasteiger partial charge in [-0.25, -0.2) is 0 Å². The van der Waals surface area contributed by atoms with Crippen molar-refractivity contribution in [3.8, 4) is 5.75 Å². The van der Waals surface area contributed by atoms with Gasteiger partial charge in [0.1, 0.15) is 22.2 Å². The van der Waals surface area contributed by atoms with Gasteiger partial charge in [0.25, 0.3) is 0 Å². The molecule has 0 spiro atoms. The van der Waals surface area contributed by atoms with Crippen molar-refractivity contribution in [3.05, 3.63) is 75.7 Å². The van der Waals surface area contributed by atoms with Gasteiger partial charge in [-0.05, 0) is 65.4 Å². The molecule has 0 bridgehead atoms. The van der Waals surface area contributed by atoms with Gasteiger partial charge in [-0.3, -0.25) is 14.6 Å². The number of amides is 1. The Morgan fingerprint density at radius 2 is 2.03 bits per heavy atom. The zero-order valence-electron chi connectivity index (χ0n) is 17.8. The molecular formula is C25H23ClN2O3S2. The summed E-state index contributed by atoms with van der Waals surface area (Å²) >= 11 is 8.99. The van der Waals surface area contributed by atoms with Crippen LogP contribution >= 0.6 is 34.7 Å². The number of pyridine rings is 1. The highest BCUT2D eigenvalue weighted by Gasteiger charge is 2.50. The summed E-state index contributed by atoms with van der Waals surface area (Å²) in [5.41, 5.74) is 0.343. The third-order valence-electron chi connectivity index (χ3n) is 6.28. The highest BCUT2D eigenvalue weighted by Crippen LogP contribution is 2.43. The van der Waals surface area contributed by atoms with Crippen molar-refractivity contribution in [1.29, 1.82) is 0 Å². The minimum atomic E-state index is -1.07. The van der Waals surface area contributed by atoms with Gasteiger partial charge in [-0.1, -0.05) is 30.2 Å². The molecule has 3 aromatic rings. The van der Waals surface area contributed by atoms with E-state index in [0.29, 0.717) is 33.9 Å². The summed E-state index contributed by atoms with van der Waals surface area (Å²) in [6.07, 6.45) is 5.35. The summed E-state index contributed by atoms with van der Waals surface area (Å²) < 4.78 is 6.18. The minimum absolute atomic E-state index is 0.0917. The number of benzene rings is 1. The number of thioether (sulfide) groups is 1. The molecule has 1 saturated heterocycles. The molecule has 5 rings (SSSR count). The number of nitrogens with one attached hydrogen (secondary N) is 1. The van der Waals surface area contributed by atoms with Gasteiger partial charge in [0, 0.05) is 17.5 Å². The zero-order chi connectivity index (χ0) is 22.8. The number of piperidine rings is 1. The Morgan fingerprint density at radius 3 is 2.73 bits per heavy atom. The molecule has 2 aromatic heterocycles. The van der Waals surface area contributed by atoms with Crippen LogP contribution in [0.25, 0.3) is 0 Å². The molecule has 33 heavy (non-hydrogen) atoms. The average Bonchev–Trinajstić information content (AvgIpc) is 3.32. The number of ether oxygens (including phenoxy) is 1. The van der Waals surface area contributed by atoms with Crippen LogP contribution < -0.4 is 10.1 Å². The number of hydrogen-bond donors (Lipinski definition) is 1. The van der Waals surface area contributed by atoms with Crippen LogP contribution in [0.15, 0.2) is 64.3 Å². The van der Waals surface area contributed by atoms with Crippen molar-refractivity contribution in [2.75, 3.05) is 6.61 Å². The summed E-state index contributed by atoms with van der Waals surface area (Å²) in [6, 6.07) is 12.9. The predicted molar refractivity (Wildman–Crippen MR) is 131 cm³/mol. The lowest BCUT2D eigenvalue weighted by molar-refractivity contribution is -0.133. The SMILES string of the molecule is O=C1CC(c2ccsc2)(c2ncccc2OCC2CCC2)NC(=O)C1Sc1ccccc1Cl. The topological polar surface area (TPSA) is 68.3 Å². The molecule has 8 heteroatoms. The summed E-state index contributed by atoms with van der Waals surface area (Å²) in [6.45, 7) is 0.616. The molecule has 2 unspecified atom stereocenters. The van der Waals surface area contributed by atoms with Crippen molar-refractivity contribution < 1.29 is 14.3 Å². The van der Waals surface area contributed by atoms with Crippen LogP contribution in [0.4, 0.5) is 0 Å². The largest absolute Gasteiger partial charge is 0.491 e. The third-order valence-corrected chi connectivity index (χ3v) is 8.72. The Bertz CT molecular complexity index is 1150. The van der Waals surface area contributed by atoms with Crippen LogP contribution in [0, 0.1) is 5.92 Å². The van der Waals surface area contributed by atoms with E-state index in [1.54, 1.807) is 12.3 Å². The number of thiophene rings is 1. The van der Waals surface area contributed by atoms with Crippen LogP contribution in [0.1, 0.15) is 36.9 Å². The Hall–Kier alpha value is -2.35. The Morgan fingerprint density at radius 1 is 1.18 bits per heavy atom. The van der Waals surface area contributed by atoms with E-state index in [4.69, 9.17) is 16.3 Å². The van der Waals surface area contributed by atoms with Gasteiger partial charge >= 0.3 is 0 Å². The summed E-state index contributed by atoms with van der Waals surface area (Å²) in [5, 5.41) is 6.71. The van der Waals surface area contributed by atoms with Gasteiger partial charge in [-0.15, -0.1) is 11.8 Å². The summed E-state index contributed by atoms with van der Waals surface area (Å²) in [7, 11) is 0. The molecule has 0 radical (unpaired) electrons. The lowest BCUT2D eigenvalue weighted by Crippen LogP contribution is -2.58. The molecule has 2 atom stereocenters. The molecule has 3 heterocycles. The molecule has 1 aromatic carbocycles. The molecule has 1 aliphatic heterocycles. The number of Topliss-reactive ketones (excluding diaryl/α,β-unsaturated/α-hetero) is 1. The fourth-order valence-corrected chi connectivity index (χ4v) is 6.23. The van der Waals surface area contributed by atoms with Gasteiger partial charge in [0.15, 0.2) is 5.78 Å². The van der Waals surface area contributed by atoms with Crippen molar-refractivity contribution in [2.24, 2.45) is 5.92 Å². The molecule has 1 aliphatic carbocycles. The molecule has 2 fully saturated rings. The molecule has 1 N–H and O–H groups in total. The van der Waals surface area contributed by atoms with E-state index in [9.17, 15) is 9.59 Å². The zero-order valence-corrected chi connectivity index (χ0v) is 20.2. The molecule has 1 saturated carbocycles. The smallest absolute Gasteiger partial charge is 0.242 e. The first-order chi connectivity index (χ1) is 16.1. The van der Waals surface area contributed by atoms with Crippen molar-refractivity contribution in [3.63, 3.8) is 0 Å². The number of carbonyl (C=O) groups is 2. The first kappa shape index (κ1) is 22.4. The second-order valence-corrected chi connectivity index (χ2v) is 10.8. The number of halogens is 1.